The average molecular weight is 376 g/mol. The largest absolute Gasteiger partial charge is 0.481 e. The molecule has 2 aromatic rings. The van der Waals surface area contributed by atoms with Crippen molar-refractivity contribution in [3.63, 3.8) is 0 Å². The number of carboxylic acid groups (broad SMARTS) is 1. The standard InChI is InChI=1S/C15H13ClF3N3O3/c16-9-3-5-10(6-4-9)22-13(15(17,18)19)11(8-21-22)14(25)20-7-1-2-12(23)24/h3-6,8H,1-2,7H2,(H,20,25)(H,23,24). The van der Waals surface area contributed by atoms with Crippen molar-refractivity contribution in [3.05, 3.63) is 46.7 Å². The number of carbonyl (C=O) groups is 2. The van der Waals surface area contributed by atoms with Gasteiger partial charge in [-0.3, -0.25) is 9.59 Å². The van der Waals surface area contributed by atoms with Gasteiger partial charge in [-0.25, -0.2) is 4.68 Å². The molecular formula is C15H13ClF3N3O3. The molecule has 0 aliphatic carbocycles. The predicted octanol–water partition coefficient (Wildman–Crippen LogP) is 3.14. The van der Waals surface area contributed by atoms with Crippen molar-refractivity contribution in [1.29, 1.82) is 0 Å². The van der Waals surface area contributed by atoms with Crippen LogP contribution in [-0.4, -0.2) is 33.3 Å². The molecule has 2 rings (SSSR count). The van der Waals surface area contributed by atoms with Gasteiger partial charge >= 0.3 is 12.1 Å². The van der Waals surface area contributed by atoms with E-state index in [0.29, 0.717) is 9.70 Å². The molecule has 25 heavy (non-hydrogen) atoms. The minimum atomic E-state index is -4.82. The maximum atomic E-state index is 13.4. The fourth-order valence-electron chi connectivity index (χ4n) is 2.10. The van der Waals surface area contributed by atoms with Crippen LogP contribution >= 0.6 is 11.6 Å². The quantitative estimate of drug-likeness (QED) is 0.760. The highest BCUT2D eigenvalue weighted by atomic mass is 35.5. The number of hydrogen-bond acceptors (Lipinski definition) is 3. The lowest BCUT2D eigenvalue weighted by molar-refractivity contribution is -0.143. The molecule has 1 heterocycles. The van der Waals surface area contributed by atoms with Gasteiger partial charge in [0, 0.05) is 18.0 Å². The van der Waals surface area contributed by atoms with E-state index in [0.717, 1.165) is 6.20 Å². The predicted molar refractivity (Wildman–Crippen MR) is 82.8 cm³/mol. The highest BCUT2D eigenvalue weighted by molar-refractivity contribution is 6.30. The van der Waals surface area contributed by atoms with Crippen molar-refractivity contribution in [2.45, 2.75) is 19.0 Å². The lowest BCUT2D eigenvalue weighted by atomic mass is 10.2. The van der Waals surface area contributed by atoms with Crippen LogP contribution in [0, 0.1) is 0 Å². The number of benzene rings is 1. The van der Waals surface area contributed by atoms with Crippen molar-refractivity contribution in [3.8, 4) is 5.69 Å². The second-order valence-electron chi connectivity index (χ2n) is 5.05. The van der Waals surface area contributed by atoms with Crippen LogP contribution in [0.1, 0.15) is 28.9 Å². The summed E-state index contributed by atoms with van der Waals surface area (Å²) in [6.07, 6.45) is -4.09. The number of carboxylic acids is 1. The first-order valence-electron chi connectivity index (χ1n) is 7.11. The molecule has 6 nitrogen and oxygen atoms in total. The van der Waals surface area contributed by atoms with Crippen molar-refractivity contribution in [2.24, 2.45) is 0 Å². The molecule has 0 fully saturated rings. The zero-order valence-electron chi connectivity index (χ0n) is 12.7. The topological polar surface area (TPSA) is 84.2 Å². The number of rotatable bonds is 6. The van der Waals surface area contributed by atoms with E-state index in [4.69, 9.17) is 16.7 Å². The zero-order valence-corrected chi connectivity index (χ0v) is 13.4. The van der Waals surface area contributed by atoms with Gasteiger partial charge in [0.05, 0.1) is 17.4 Å². The first kappa shape index (κ1) is 18.8. The zero-order chi connectivity index (χ0) is 18.6. The summed E-state index contributed by atoms with van der Waals surface area (Å²) < 4.78 is 40.9. The molecular weight excluding hydrogens is 363 g/mol. The van der Waals surface area contributed by atoms with Gasteiger partial charge in [0.2, 0.25) is 0 Å². The van der Waals surface area contributed by atoms with Gasteiger partial charge in [0.1, 0.15) is 0 Å². The van der Waals surface area contributed by atoms with Gasteiger partial charge in [0.25, 0.3) is 5.91 Å². The first-order chi connectivity index (χ1) is 11.7. The van der Waals surface area contributed by atoms with Gasteiger partial charge < -0.3 is 10.4 Å². The lowest BCUT2D eigenvalue weighted by Gasteiger charge is -2.13. The van der Waals surface area contributed by atoms with Crippen LogP contribution in [-0.2, 0) is 11.0 Å². The Balaban J connectivity index is 2.28. The van der Waals surface area contributed by atoms with E-state index < -0.39 is 29.3 Å². The summed E-state index contributed by atoms with van der Waals surface area (Å²) in [7, 11) is 0. The van der Waals surface area contributed by atoms with E-state index in [9.17, 15) is 22.8 Å². The van der Waals surface area contributed by atoms with Crippen molar-refractivity contribution < 1.29 is 27.9 Å². The first-order valence-corrected chi connectivity index (χ1v) is 7.49. The minimum Gasteiger partial charge on any atom is -0.481 e. The molecule has 0 bridgehead atoms. The Bertz CT molecular complexity index is 773. The lowest BCUT2D eigenvalue weighted by Crippen LogP contribution is -2.27. The molecule has 0 spiro atoms. The molecule has 134 valence electrons. The van der Waals surface area contributed by atoms with Crippen molar-refractivity contribution in [2.75, 3.05) is 6.54 Å². The number of hydrogen-bond donors (Lipinski definition) is 2. The Labute approximate surface area is 145 Å². The summed E-state index contributed by atoms with van der Waals surface area (Å²) in [6, 6.07) is 5.51. The number of nitrogens with one attached hydrogen (secondary N) is 1. The molecule has 1 amide bonds. The molecule has 0 aliphatic rings. The van der Waals surface area contributed by atoms with Crippen LogP contribution < -0.4 is 5.32 Å². The Hall–Kier alpha value is -2.55. The number of nitrogens with zero attached hydrogens (tertiary/aromatic N) is 2. The van der Waals surface area contributed by atoms with E-state index in [-0.39, 0.29) is 25.1 Å². The summed E-state index contributed by atoms with van der Waals surface area (Å²) in [6.45, 7) is -0.0610. The summed E-state index contributed by atoms with van der Waals surface area (Å²) in [5, 5.41) is 14.8. The summed E-state index contributed by atoms with van der Waals surface area (Å²) in [5.74, 6) is -2.03. The molecule has 0 aliphatic heterocycles. The molecule has 0 saturated heterocycles. The fraction of sp³-hybridized carbons (Fsp3) is 0.267. The number of alkyl halides is 3. The van der Waals surface area contributed by atoms with Gasteiger partial charge in [-0.2, -0.15) is 18.3 Å². The summed E-state index contributed by atoms with van der Waals surface area (Å²) >= 11 is 5.72. The molecule has 0 unspecified atom stereocenters. The van der Waals surface area contributed by atoms with E-state index >= 15 is 0 Å². The number of halogens is 4. The molecule has 1 aromatic heterocycles. The summed E-state index contributed by atoms with van der Waals surface area (Å²) in [5.41, 5.74) is -1.76. The number of carbonyl (C=O) groups excluding carboxylic acids is 1. The van der Waals surface area contributed by atoms with Crippen LogP contribution in [0.25, 0.3) is 5.69 Å². The minimum absolute atomic E-state index is 0.0610. The third kappa shape index (κ3) is 4.72. The van der Waals surface area contributed by atoms with Gasteiger partial charge in [-0.15, -0.1) is 0 Å². The Morgan fingerprint density at radius 2 is 1.88 bits per heavy atom. The highest BCUT2D eigenvalue weighted by Crippen LogP contribution is 2.33. The maximum absolute atomic E-state index is 13.4. The van der Waals surface area contributed by atoms with Crippen molar-refractivity contribution in [1.82, 2.24) is 15.1 Å². The smallest absolute Gasteiger partial charge is 0.434 e. The van der Waals surface area contributed by atoms with Crippen LogP contribution in [0.4, 0.5) is 13.2 Å². The molecule has 10 heteroatoms. The van der Waals surface area contributed by atoms with E-state index in [1.807, 2.05) is 0 Å². The van der Waals surface area contributed by atoms with Gasteiger partial charge in [-0.1, -0.05) is 11.6 Å². The normalized spacial score (nSPS) is 11.4. The van der Waals surface area contributed by atoms with Gasteiger partial charge in [-0.05, 0) is 30.7 Å². The highest BCUT2D eigenvalue weighted by Gasteiger charge is 2.40. The van der Waals surface area contributed by atoms with E-state index in [1.54, 1.807) is 0 Å². The van der Waals surface area contributed by atoms with Gasteiger partial charge in [0.15, 0.2) is 5.69 Å². The molecule has 0 atom stereocenters. The number of aromatic nitrogens is 2. The molecule has 0 saturated carbocycles. The van der Waals surface area contributed by atoms with E-state index in [1.165, 1.54) is 24.3 Å². The fourth-order valence-corrected chi connectivity index (χ4v) is 2.23. The monoisotopic (exact) mass is 375 g/mol. The Morgan fingerprint density at radius 3 is 2.44 bits per heavy atom. The summed E-state index contributed by atoms with van der Waals surface area (Å²) in [4.78, 5) is 22.4. The van der Waals surface area contributed by atoms with E-state index in [2.05, 4.69) is 10.4 Å². The van der Waals surface area contributed by atoms with Crippen LogP contribution in [0.15, 0.2) is 30.5 Å². The molecule has 2 N–H and O–H groups in total. The maximum Gasteiger partial charge on any atom is 0.434 e. The Morgan fingerprint density at radius 1 is 1.24 bits per heavy atom. The Kier molecular flexibility index (Phi) is 5.68. The third-order valence-corrected chi connectivity index (χ3v) is 3.46. The molecule has 0 radical (unpaired) electrons. The molecule has 1 aromatic carbocycles. The number of aliphatic carboxylic acids is 1. The second kappa shape index (κ2) is 7.56. The average Bonchev–Trinajstić information content (AvgIpc) is 2.97. The van der Waals surface area contributed by atoms with Crippen LogP contribution in [0.2, 0.25) is 5.02 Å². The van der Waals surface area contributed by atoms with Crippen LogP contribution in [0.3, 0.4) is 0 Å². The SMILES string of the molecule is O=C(O)CCCNC(=O)c1cnn(-c2ccc(Cl)cc2)c1C(F)(F)F. The van der Waals surface area contributed by atoms with Crippen LogP contribution in [0.5, 0.6) is 0 Å². The second-order valence-corrected chi connectivity index (χ2v) is 5.48. The van der Waals surface area contributed by atoms with Crippen molar-refractivity contribution >= 4 is 23.5 Å². The third-order valence-electron chi connectivity index (χ3n) is 3.21. The number of amides is 1.